The number of nitrogens with zero attached hydrogens (tertiary/aromatic N) is 4. The van der Waals surface area contributed by atoms with Gasteiger partial charge in [-0.15, -0.1) is 0 Å². The minimum Gasteiger partial charge on any atom is -0.373 e. The lowest BCUT2D eigenvalue weighted by Gasteiger charge is -2.38. The first-order valence-corrected chi connectivity index (χ1v) is 12.2. The lowest BCUT2D eigenvalue weighted by Crippen LogP contribution is -2.51. The van der Waals surface area contributed by atoms with E-state index in [0.29, 0.717) is 12.1 Å². The van der Waals surface area contributed by atoms with Crippen LogP contribution in [0.1, 0.15) is 50.9 Å². The molecule has 6 heteroatoms. The molecule has 0 N–H and O–H groups in total. The van der Waals surface area contributed by atoms with Crippen molar-refractivity contribution in [3.05, 3.63) is 29.8 Å². The van der Waals surface area contributed by atoms with Crippen molar-refractivity contribution in [2.24, 2.45) is 0 Å². The van der Waals surface area contributed by atoms with Crippen LogP contribution >= 0.6 is 0 Å². The maximum absolute atomic E-state index is 13.3. The van der Waals surface area contributed by atoms with E-state index in [1.807, 2.05) is 12.1 Å². The molecule has 3 heterocycles. The Hall–Kier alpha value is -1.63. The molecule has 31 heavy (non-hydrogen) atoms. The average Bonchev–Trinajstić information content (AvgIpc) is 3.20. The van der Waals surface area contributed by atoms with Gasteiger partial charge in [0.25, 0.3) is 5.91 Å². The van der Waals surface area contributed by atoms with Crippen molar-refractivity contribution in [3.8, 4) is 0 Å². The fraction of sp³-hybridized carbons (Fsp3) is 0.720. The number of rotatable bonds is 5. The van der Waals surface area contributed by atoms with Gasteiger partial charge in [0.2, 0.25) is 0 Å². The number of carbonyl (C=O) groups excluding carboxylic acids is 1. The molecule has 0 spiro atoms. The lowest BCUT2D eigenvalue weighted by atomic mass is 10.1. The van der Waals surface area contributed by atoms with Gasteiger partial charge in [-0.3, -0.25) is 14.6 Å². The monoisotopic (exact) mass is 428 g/mol. The van der Waals surface area contributed by atoms with Gasteiger partial charge in [-0.25, -0.2) is 0 Å². The number of amides is 1. The predicted molar refractivity (Wildman–Crippen MR) is 126 cm³/mol. The van der Waals surface area contributed by atoms with Gasteiger partial charge < -0.3 is 14.5 Å². The van der Waals surface area contributed by atoms with Gasteiger partial charge in [0, 0.05) is 75.7 Å². The molecule has 0 saturated carbocycles. The summed E-state index contributed by atoms with van der Waals surface area (Å²) in [5, 5.41) is 0. The molecule has 3 saturated heterocycles. The van der Waals surface area contributed by atoms with Crippen LogP contribution in [0, 0.1) is 0 Å². The van der Waals surface area contributed by atoms with Gasteiger partial charge in [0.1, 0.15) is 0 Å². The maximum atomic E-state index is 13.3. The number of anilines is 1. The van der Waals surface area contributed by atoms with Crippen LogP contribution in [-0.2, 0) is 4.74 Å². The third-order valence-electron chi connectivity index (χ3n) is 7.13. The summed E-state index contributed by atoms with van der Waals surface area (Å²) < 4.78 is 5.87. The van der Waals surface area contributed by atoms with Crippen LogP contribution in [0.5, 0.6) is 0 Å². The fourth-order valence-corrected chi connectivity index (χ4v) is 5.50. The van der Waals surface area contributed by atoms with E-state index in [-0.39, 0.29) is 18.1 Å². The number of carbonyl (C=O) groups is 1. The highest BCUT2D eigenvalue weighted by atomic mass is 16.5. The highest BCUT2D eigenvalue weighted by Crippen LogP contribution is 2.24. The number of morpholine rings is 1. The fourth-order valence-electron chi connectivity index (χ4n) is 5.50. The van der Waals surface area contributed by atoms with Gasteiger partial charge in [-0.05, 0) is 64.8 Å². The molecule has 0 aliphatic carbocycles. The summed E-state index contributed by atoms with van der Waals surface area (Å²) in [6.07, 6.45) is 2.74. The minimum atomic E-state index is 0.188. The van der Waals surface area contributed by atoms with Gasteiger partial charge >= 0.3 is 0 Å². The number of likely N-dealkylation sites (tertiary alicyclic amines) is 1. The summed E-state index contributed by atoms with van der Waals surface area (Å²) in [6.45, 7) is 16.9. The first kappa shape index (κ1) is 22.6. The molecule has 4 rings (SSSR count). The summed E-state index contributed by atoms with van der Waals surface area (Å²) in [7, 11) is 0. The van der Waals surface area contributed by atoms with Crippen LogP contribution in [0.25, 0.3) is 0 Å². The summed E-state index contributed by atoms with van der Waals surface area (Å²) in [6, 6.07) is 9.25. The molecular formula is C25H40N4O2. The van der Waals surface area contributed by atoms with Crippen molar-refractivity contribution in [2.75, 3.05) is 57.3 Å². The Labute approximate surface area is 188 Å². The molecule has 1 aromatic rings. The van der Waals surface area contributed by atoms with E-state index in [2.05, 4.69) is 59.4 Å². The molecule has 1 aromatic carbocycles. The molecule has 1 amide bonds. The zero-order chi connectivity index (χ0) is 22.0. The smallest absolute Gasteiger partial charge is 0.254 e. The van der Waals surface area contributed by atoms with Crippen LogP contribution in [0.15, 0.2) is 24.3 Å². The van der Waals surface area contributed by atoms with Gasteiger partial charge in [0.15, 0.2) is 0 Å². The summed E-state index contributed by atoms with van der Waals surface area (Å²) in [4.78, 5) is 22.9. The van der Waals surface area contributed by atoms with Crippen molar-refractivity contribution in [3.63, 3.8) is 0 Å². The topological polar surface area (TPSA) is 39.3 Å². The van der Waals surface area contributed by atoms with Crippen molar-refractivity contribution in [2.45, 2.75) is 64.8 Å². The molecule has 3 atom stereocenters. The molecular weight excluding hydrogens is 388 g/mol. The third kappa shape index (κ3) is 5.41. The molecule has 0 aromatic heterocycles. The predicted octanol–water partition coefficient (Wildman–Crippen LogP) is 2.93. The zero-order valence-corrected chi connectivity index (χ0v) is 19.8. The highest BCUT2D eigenvalue weighted by Gasteiger charge is 2.33. The molecule has 0 radical (unpaired) electrons. The third-order valence-corrected chi connectivity index (χ3v) is 7.13. The van der Waals surface area contributed by atoms with E-state index in [1.165, 1.54) is 5.69 Å². The Morgan fingerprint density at radius 2 is 1.65 bits per heavy atom. The number of hydrogen-bond donors (Lipinski definition) is 0. The summed E-state index contributed by atoms with van der Waals surface area (Å²) in [5.41, 5.74) is 2.05. The maximum Gasteiger partial charge on any atom is 0.254 e. The molecule has 3 aliphatic rings. The van der Waals surface area contributed by atoms with Crippen LogP contribution in [0.4, 0.5) is 5.69 Å². The van der Waals surface area contributed by atoms with E-state index in [9.17, 15) is 4.79 Å². The SMILES string of the molecule is CC1CN(CC2CCCN2C(=O)c2ccc(N3CCN(C(C)C)CC3)cc2)CC(C)O1. The Morgan fingerprint density at radius 1 is 1.00 bits per heavy atom. The normalized spacial score (nSPS) is 28.5. The molecule has 0 bridgehead atoms. The Morgan fingerprint density at radius 3 is 2.26 bits per heavy atom. The van der Waals surface area contributed by atoms with E-state index in [1.54, 1.807) is 0 Å². The van der Waals surface area contributed by atoms with E-state index in [0.717, 1.165) is 70.8 Å². The van der Waals surface area contributed by atoms with Crippen molar-refractivity contribution in [1.82, 2.24) is 14.7 Å². The van der Waals surface area contributed by atoms with Crippen LogP contribution in [-0.4, -0.2) is 97.3 Å². The van der Waals surface area contributed by atoms with E-state index in [4.69, 9.17) is 4.74 Å². The first-order valence-electron chi connectivity index (χ1n) is 12.2. The quantitative estimate of drug-likeness (QED) is 0.721. The van der Waals surface area contributed by atoms with Crippen molar-refractivity contribution < 1.29 is 9.53 Å². The second-order valence-electron chi connectivity index (χ2n) is 9.93. The summed E-state index contributed by atoms with van der Waals surface area (Å²) in [5.74, 6) is 0.188. The number of piperazine rings is 1. The molecule has 172 valence electrons. The lowest BCUT2D eigenvalue weighted by molar-refractivity contribution is -0.0715. The van der Waals surface area contributed by atoms with Gasteiger partial charge in [-0.1, -0.05) is 0 Å². The van der Waals surface area contributed by atoms with Crippen LogP contribution in [0.3, 0.4) is 0 Å². The zero-order valence-electron chi connectivity index (χ0n) is 19.8. The van der Waals surface area contributed by atoms with Gasteiger partial charge in [-0.2, -0.15) is 0 Å². The molecule has 3 unspecified atom stereocenters. The van der Waals surface area contributed by atoms with Crippen molar-refractivity contribution >= 4 is 11.6 Å². The second kappa shape index (κ2) is 9.88. The summed E-state index contributed by atoms with van der Waals surface area (Å²) >= 11 is 0. The molecule has 3 fully saturated rings. The first-order chi connectivity index (χ1) is 14.9. The second-order valence-corrected chi connectivity index (χ2v) is 9.93. The average molecular weight is 429 g/mol. The van der Waals surface area contributed by atoms with E-state index >= 15 is 0 Å². The largest absolute Gasteiger partial charge is 0.373 e. The number of benzene rings is 1. The molecule has 6 nitrogen and oxygen atoms in total. The van der Waals surface area contributed by atoms with E-state index < -0.39 is 0 Å². The van der Waals surface area contributed by atoms with Gasteiger partial charge in [0.05, 0.1) is 12.2 Å². The van der Waals surface area contributed by atoms with Crippen LogP contribution in [0.2, 0.25) is 0 Å². The number of ether oxygens (including phenoxy) is 1. The van der Waals surface area contributed by atoms with Crippen LogP contribution < -0.4 is 4.90 Å². The molecule has 3 aliphatic heterocycles. The van der Waals surface area contributed by atoms with Crippen molar-refractivity contribution in [1.29, 1.82) is 0 Å². The minimum absolute atomic E-state index is 0.188. The standard InChI is InChI=1S/C25H40N4O2/c1-19(2)27-12-14-28(15-13-27)23-9-7-22(8-10-23)25(30)29-11-5-6-24(29)18-26-16-20(3)31-21(4)17-26/h7-10,19-21,24H,5-6,11-18H2,1-4H3. The number of hydrogen-bond acceptors (Lipinski definition) is 5. The highest BCUT2D eigenvalue weighted by molar-refractivity contribution is 5.95. The Bertz CT molecular complexity index is 720. The Balaban J connectivity index is 1.35. The Kier molecular flexibility index (Phi) is 7.19.